The first kappa shape index (κ1) is 16.7. The lowest BCUT2D eigenvalue weighted by molar-refractivity contribution is -0.122. The lowest BCUT2D eigenvalue weighted by Crippen LogP contribution is -2.50. The van der Waals surface area contributed by atoms with Gasteiger partial charge in [-0.1, -0.05) is 13.8 Å². The minimum atomic E-state index is 0.116. The van der Waals surface area contributed by atoms with Crippen molar-refractivity contribution in [3.05, 3.63) is 0 Å². The minimum absolute atomic E-state index is 0.116. The van der Waals surface area contributed by atoms with Crippen molar-refractivity contribution < 1.29 is 9.53 Å². The Morgan fingerprint density at radius 3 is 2.57 bits per heavy atom. The predicted molar refractivity (Wildman–Crippen MR) is 84.3 cm³/mol. The van der Waals surface area contributed by atoms with Gasteiger partial charge >= 0.3 is 0 Å². The summed E-state index contributed by atoms with van der Waals surface area (Å²) in [5.41, 5.74) is 0. The third-order valence-electron chi connectivity index (χ3n) is 4.76. The number of likely N-dealkylation sites (tertiary alicyclic amines) is 1. The van der Waals surface area contributed by atoms with Crippen LogP contribution in [-0.2, 0) is 9.53 Å². The van der Waals surface area contributed by atoms with Crippen molar-refractivity contribution in [2.24, 2.45) is 5.92 Å². The fraction of sp³-hybridized carbons (Fsp3) is 0.938. The summed E-state index contributed by atoms with van der Waals surface area (Å²) in [6.45, 7) is 7.93. The first-order valence-corrected chi connectivity index (χ1v) is 8.39. The van der Waals surface area contributed by atoms with Gasteiger partial charge in [0.05, 0.1) is 12.6 Å². The van der Waals surface area contributed by atoms with Crippen LogP contribution in [-0.4, -0.2) is 62.3 Å². The first-order valence-electron chi connectivity index (χ1n) is 8.39. The largest absolute Gasteiger partial charge is 0.378 e. The van der Waals surface area contributed by atoms with E-state index in [0.717, 1.165) is 45.4 Å². The molecule has 0 bridgehead atoms. The van der Waals surface area contributed by atoms with E-state index in [0.29, 0.717) is 30.7 Å². The summed E-state index contributed by atoms with van der Waals surface area (Å²) in [4.78, 5) is 13.6. The average molecular weight is 297 g/mol. The van der Waals surface area contributed by atoms with Gasteiger partial charge in [0.15, 0.2) is 0 Å². The fourth-order valence-corrected chi connectivity index (χ4v) is 3.32. The number of hydrogen-bond acceptors (Lipinski definition) is 4. The third kappa shape index (κ3) is 5.24. The molecule has 1 amide bonds. The zero-order valence-corrected chi connectivity index (χ0v) is 13.7. The van der Waals surface area contributed by atoms with E-state index in [1.807, 2.05) is 0 Å². The quantitative estimate of drug-likeness (QED) is 0.794. The molecule has 0 radical (unpaired) electrons. The number of carbonyl (C=O) groups is 1. The van der Waals surface area contributed by atoms with Crippen LogP contribution in [0.15, 0.2) is 0 Å². The van der Waals surface area contributed by atoms with Crippen molar-refractivity contribution >= 4 is 5.91 Å². The van der Waals surface area contributed by atoms with Crippen LogP contribution in [0.5, 0.6) is 0 Å². The molecular weight excluding hydrogens is 266 g/mol. The second-order valence-corrected chi connectivity index (χ2v) is 6.76. The van der Waals surface area contributed by atoms with Crippen LogP contribution >= 0.6 is 0 Å². The second kappa shape index (κ2) is 8.11. The number of ether oxygens (including phenoxy) is 1. The van der Waals surface area contributed by atoms with E-state index in [1.54, 1.807) is 7.05 Å². The van der Waals surface area contributed by atoms with Crippen molar-refractivity contribution in [2.45, 2.75) is 57.7 Å². The van der Waals surface area contributed by atoms with E-state index in [-0.39, 0.29) is 5.91 Å². The first-order chi connectivity index (χ1) is 10.1. The Labute approximate surface area is 128 Å². The average Bonchev–Trinajstić information content (AvgIpc) is 2.49. The van der Waals surface area contributed by atoms with Crippen LogP contribution in [0.1, 0.15) is 39.5 Å². The van der Waals surface area contributed by atoms with Gasteiger partial charge in [-0.25, -0.2) is 0 Å². The van der Waals surface area contributed by atoms with Gasteiger partial charge in [-0.2, -0.15) is 0 Å². The number of rotatable bonds is 5. The summed E-state index contributed by atoms with van der Waals surface area (Å²) in [5.74, 6) is 0.717. The van der Waals surface area contributed by atoms with Gasteiger partial charge in [0.25, 0.3) is 0 Å². The van der Waals surface area contributed by atoms with E-state index < -0.39 is 0 Å². The maximum atomic E-state index is 11.4. The van der Waals surface area contributed by atoms with E-state index in [4.69, 9.17) is 4.74 Å². The lowest BCUT2D eigenvalue weighted by atomic mass is 9.93. The minimum Gasteiger partial charge on any atom is -0.378 e. The number of piperidine rings is 1. The molecular formula is C16H31N3O2. The maximum Gasteiger partial charge on any atom is 0.233 e. The van der Waals surface area contributed by atoms with Crippen LogP contribution in [0.4, 0.5) is 0 Å². The van der Waals surface area contributed by atoms with E-state index in [9.17, 15) is 4.79 Å². The fourth-order valence-electron chi connectivity index (χ4n) is 3.32. The second-order valence-electron chi connectivity index (χ2n) is 6.76. The van der Waals surface area contributed by atoms with Gasteiger partial charge < -0.3 is 15.4 Å². The summed E-state index contributed by atoms with van der Waals surface area (Å²) in [7, 11) is 1.70. The van der Waals surface area contributed by atoms with Gasteiger partial charge in [0.1, 0.15) is 0 Å². The lowest BCUT2D eigenvalue weighted by Gasteiger charge is -2.37. The van der Waals surface area contributed by atoms with Crippen LogP contribution in [0.2, 0.25) is 0 Å². The van der Waals surface area contributed by atoms with Crippen molar-refractivity contribution in [3.8, 4) is 0 Å². The van der Waals surface area contributed by atoms with Crippen molar-refractivity contribution in [1.82, 2.24) is 15.5 Å². The molecule has 2 heterocycles. The summed E-state index contributed by atoms with van der Waals surface area (Å²) in [6, 6.07) is 1.20. The smallest absolute Gasteiger partial charge is 0.233 e. The maximum absolute atomic E-state index is 11.4. The molecule has 0 spiro atoms. The highest BCUT2D eigenvalue weighted by atomic mass is 16.5. The molecule has 2 aliphatic heterocycles. The van der Waals surface area contributed by atoms with E-state index in [1.165, 1.54) is 0 Å². The van der Waals surface area contributed by atoms with Gasteiger partial charge in [0.2, 0.25) is 5.91 Å². The Kier molecular flexibility index (Phi) is 6.45. The summed E-state index contributed by atoms with van der Waals surface area (Å²) in [5, 5.41) is 6.52. The normalized spacial score (nSPS) is 28.8. The van der Waals surface area contributed by atoms with Gasteiger partial charge in [-0.3, -0.25) is 9.69 Å². The SMILES string of the molecule is CNC(=O)CN1CCC(NC2CCOC(C(C)C)C2)CC1. The van der Waals surface area contributed by atoms with Gasteiger partial charge in [-0.05, 0) is 31.6 Å². The van der Waals surface area contributed by atoms with Crippen molar-refractivity contribution in [2.75, 3.05) is 33.3 Å². The Balaban J connectivity index is 1.69. The molecule has 0 aromatic rings. The number of nitrogens with zero attached hydrogens (tertiary/aromatic N) is 1. The molecule has 0 saturated carbocycles. The van der Waals surface area contributed by atoms with Crippen LogP contribution in [0.3, 0.4) is 0 Å². The molecule has 122 valence electrons. The molecule has 0 aliphatic carbocycles. The third-order valence-corrected chi connectivity index (χ3v) is 4.76. The van der Waals surface area contributed by atoms with E-state index in [2.05, 4.69) is 29.4 Å². The number of amides is 1. The van der Waals surface area contributed by atoms with Crippen molar-refractivity contribution in [3.63, 3.8) is 0 Å². The molecule has 2 atom stereocenters. The number of nitrogens with one attached hydrogen (secondary N) is 2. The highest BCUT2D eigenvalue weighted by Gasteiger charge is 2.28. The van der Waals surface area contributed by atoms with Gasteiger partial charge in [-0.15, -0.1) is 0 Å². The molecule has 0 aromatic carbocycles. The molecule has 2 rings (SSSR count). The van der Waals surface area contributed by atoms with Crippen LogP contribution in [0, 0.1) is 5.92 Å². The molecule has 2 aliphatic rings. The molecule has 0 aromatic heterocycles. The van der Waals surface area contributed by atoms with Crippen LogP contribution in [0.25, 0.3) is 0 Å². The Morgan fingerprint density at radius 1 is 1.24 bits per heavy atom. The predicted octanol–water partition coefficient (Wildman–Crippen LogP) is 0.990. The molecule has 5 nitrogen and oxygen atoms in total. The summed E-state index contributed by atoms with van der Waals surface area (Å²) >= 11 is 0. The number of likely N-dealkylation sites (N-methyl/N-ethyl adjacent to an activating group) is 1. The topological polar surface area (TPSA) is 53.6 Å². The monoisotopic (exact) mass is 297 g/mol. The summed E-state index contributed by atoms with van der Waals surface area (Å²) in [6.07, 6.45) is 4.95. The van der Waals surface area contributed by atoms with Gasteiger partial charge in [0, 0.05) is 38.8 Å². The summed E-state index contributed by atoms with van der Waals surface area (Å²) < 4.78 is 5.84. The Bertz CT molecular complexity index is 327. The van der Waals surface area contributed by atoms with Crippen molar-refractivity contribution in [1.29, 1.82) is 0 Å². The molecule has 2 unspecified atom stereocenters. The zero-order valence-electron chi connectivity index (χ0n) is 13.7. The molecule has 21 heavy (non-hydrogen) atoms. The molecule has 2 saturated heterocycles. The Morgan fingerprint density at radius 2 is 1.95 bits per heavy atom. The van der Waals surface area contributed by atoms with Crippen LogP contribution < -0.4 is 10.6 Å². The number of hydrogen-bond donors (Lipinski definition) is 2. The molecule has 2 fully saturated rings. The molecule has 2 N–H and O–H groups in total. The standard InChI is InChI=1S/C16H31N3O2/c1-12(2)15-10-14(6-9-21-15)18-13-4-7-19(8-5-13)11-16(20)17-3/h12-15,18H,4-11H2,1-3H3,(H,17,20). The zero-order chi connectivity index (χ0) is 15.2. The highest BCUT2D eigenvalue weighted by Crippen LogP contribution is 2.22. The Hall–Kier alpha value is -0.650. The molecule has 5 heteroatoms. The number of carbonyl (C=O) groups excluding carboxylic acids is 1. The highest BCUT2D eigenvalue weighted by molar-refractivity contribution is 5.77. The van der Waals surface area contributed by atoms with E-state index >= 15 is 0 Å².